The summed E-state index contributed by atoms with van der Waals surface area (Å²) in [5.74, 6) is 0.200. The number of nitrogens with zero attached hydrogens (tertiary/aromatic N) is 3. The number of nitro groups is 1. The SMILES string of the molecule is CCOC(=O)C1=C(C)N=c2s/c(=C/c3ccc(-c4ccc([N+](=O)[O-])cc4Cl)o3)c(=O)n2[C@H]1c1ccc(Cl)cc1. The molecule has 0 N–H and O–H groups in total. The monoisotopic (exact) mass is 583 g/mol. The summed E-state index contributed by atoms with van der Waals surface area (Å²) < 4.78 is 13.0. The molecular formula is C27H19Cl2N3O6S. The van der Waals surface area contributed by atoms with Crippen LogP contribution in [0.4, 0.5) is 5.69 Å². The van der Waals surface area contributed by atoms with Crippen molar-refractivity contribution in [3.63, 3.8) is 0 Å². The largest absolute Gasteiger partial charge is 0.463 e. The first-order valence-corrected chi connectivity index (χ1v) is 13.2. The fourth-order valence-electron chi connectivity index (χ4n) is 4.27. The number of ether oxygens (including phenoxy) is 1. The molecule has 1 atom stereocenters. The fourth-order valence-corrected chi connectivity index (χ4v) is 5.69. The second-order valence-corrected chi connectivity index (χ2v) is 10.3. The molecule has 0 unspecified atom stereocenters. The first kappa shape index (κ1) is 26.6. The van der Waals surface area contributed by atoms with Crippen LogP contribution >= 0.6 is 34.5 Å². The van der Waals surface area contributed by atoms with Gasteiger partial charge in [-0.1, -0.05) is 46.7 Å². The number of halogens is 2. The molecule has 0 fully saturated rings. The summed E-state index contributed by atoms with van der Waals surface area (Å²) in [7, 11) is 0. The molecule has 4 aromatic rings. The van der Waals surface area contributed by atoms with Gasteiger partial charge in [0.2, 0.25) is 0 Å². The Kier molecular flexibility index (Phi) is 7.26. The highest BCUT2D eigenvalue weighted by Gasteiger charge is 2.33. The van der Waals surface area contributed by atoms with Gasteiger partial charge in [-0.3, -0.25) is 19.5 Å². The Hall–Kier alpha value is -3.99. The first-order chi connectivity index (χ1) is 18.7. The lowest BCUT2D eigenvalue weighted by Crippen LogP contribution is -2.39. The van der Waals surface area contributed by atoms with Crippen molar-refractivity contribution in [2.24, 2.45) is 4.99 Å². The van der Waals surface area contributed by atoms with Crippen LogP contribution in [0.3, 0.4) is 0 Å². The number of benzene rings is 2. The molecule has 0 saturated heterocycles. The fraction of sp³-hybridized carbons (Fsp3) is 0.148. The lowest BCUT2D eigenvalue weighted by Gasteiger charge is -2.24. The van der Waals surface area contributed by atoms with Crippen molar-refractivity contribution in [2.75, 3.05) is 6.61 Å². The number of esters is 1. The number of fused-ring (bicyclic) bond motifs is 1. The molecule has 2 aromatic heterocycles. The molecule has 39 heavy (non-hydrogen) atoms. The molecule has 9 nitrogen and oxygen atoms in total. The number of carbonyl (C=O) groups is 1. The van der Waals surface area contributed by atoms with E-state index in [9.17, 15) is 19.7 Å². The van der Waals surface area contributed by atoms with E-state index in [-0.39, 0.29) is 28.4 Å². The van der Waals surface area contributed by atoms with E-state index < -0.39 is 16.9 Å². The van der Waals surface area contributed by atoms with Crippen LogP contribution in [-0.2, 0) is 9.53 Å². The third kappa shape index (κ3) is 5.06. The summed E-state index contributed by atoms with van der Waals surface area (Å²) in [5.41, 5.74) is 1.38. The van der Waals surface area contributed by atoms with E-state index in [2.05, 4.69) is 4.99 Å². The van der Waals surface area contributed by atoms with Crippen LogP contribution in [0.2, 0.25) is 10.0 Å². The van der Waals surface area contributed by atoms with Gasteiger partial charge in [-0.25, -0.2) is 9.79 Å². The van der Waals surface area contributed by atoms with E-state index in [1.807, 2.05) is 0 Å². The normalized spacial score (nSPS) is 15.2. The van der Waals surface area contributed by atoms with E-state index in [0.717, 1.165) is 11.3 Å². The van der Waals surface area contributed by atoms with Crippen molar-refractivity contribution >= 4 is 52.3 Å². The van der Waals surface area contributed by atoms with Crippen molar-refractivity contribution < 1.29 is 18.9 Å². The molecule has 0 spiro atoms. The second kappa shape index (κ2) is 10.6. The Bertz CT molecular complexity index is 1840. The highest BCUT2D eigenvalue weighted by Crippen LogP contribution is 2.33. The average molecular weight is 584 g/mol. The lowest BCUT2D eigenvalue weighted by atomic mass is 9.96. The Balaban J connectivity index is 1.60. The number of carbonyl (C=O) groups excluding carboxylic acids is 1. The summed E-state index contributed by atoms with van der Waals surface area (Å²) in [6.45, 7) is 3.59. The van der Waals surface area contributed by atoms with Crippen LogP contribution in [0, 0.1) is 10.1 Å². The molecule has 2 aromatic carbocycles. The van der Waals surface area contributed by atoms with E-state index in [1.54, 1.807) is 56.3 Å². The van der Waals surface area contributed by atoms with E-state index in [4.69, 9.17) is 32.4 Å². The summed E-state index contributed by atoms with van der Waals surface area (Å²) in [4.78, 5) is 42.1. The third-order valence-corrected chi connectivity index (χ3v) is 7.58. The smallest absolute Gasteiger partial charge is 0.338 e. The summed E-state index contributed by atoms with van der Waals surface area (Å²) in [6, 6.07) is 13.6. The van der Waals surface area contributed by atoms with Gasteiger partial charge >= 0.3 is 5.97 Å². The summed E-state index contributed by atoms with van der Waals surface area (Å²) in [5, 5.41) is 11.7. The maximum atomic E-state index is 13.7. The van der Waals surface area contributed by atoms with Gasteiger partial charge in [0.05, 0.1) is 38.4 Å². The number of aromatic nitrogens is 1. The average Bonchev–Trinajstić information content (AvgIpc) is 3.48. The van der Waals surface area contributed by atoms with Crippen molar-refractivity contribution in [2.45, 2.75) is 19.9 Å². The van der Waals surface area contributed by atoms with Crippen LogP contribution in [0.15, 0.2) is 80.1 Å². The van der Waals surface area contributed by atoms with Crippen molar-refractivity contribution in [3.05, 3.63) is 117 Å². The molecule has 0 bridgehead atoms. The van der Waals surface area contributed by atoms with Crippen molar-refractivity contribution in [1.29, 1.82) is 0 Å². The zero-order valence-corrected chi connectivity index (χ0v) is 22.8. The molecule has 198 valence electrons. The van der Waals surface area contributed by atoms with Crippen LogP contribution in [0.1, 0.15) is 31.2 Å². The zero-order valence-electron chi connectivity index (χ0n) is 20.5. The van der Waals surface area contributed by atoms with Gasteiger partial charge in [-0.2, -0.15) is 0 Å². The maximum absolute atomic E-state index is 13.7. The van der Waals surface area contributed by atoms with Crippen LogP contribution < -0.4 is 14.9 Å². The van der Waals surface area contributed by atoms with Crippen LogP contribution in [0.5, 0.6) is 0 Å². The molecule has 1 aliphatic rings. The number of furan rings is 1. The number of non-ortho nitro benzene ring substituents is 1. The molecule has 1 aliphatic heterocycles. The number of hydrogen-bond donors (Lipinski definition) is 0. The quantitative estimate of drug-likeness (QED) is 0.173. The highest BCUT2D eigenvalue weighted by molar-refractivity contribution is 7.07. The van der Waals surface area contributed by atoms with Gasteiger partial charge in [0.1, 0.15) is 11.5 Å². The minimum Gasteiger partial charge on any atom is -0.463 e. The topological polar surface area (TPSA) is 117 Å². The second-order valence-electron chi connectivity index (χ2n) is 8.48. The molecule has 0 amide bonds. The Morgan fingerprint density at radius 1 is 1.21 bits per heavy atom. The molecule has 0 aliphatic carbocycles. The molecule has 5 rings (SSSR count). The predicted octanol–water partition coefficient (Wildman–Crippen LogP) is 5.27. The van der Waals surface area contributed by atoms with Crippen molar-refractivity contribution in [3.8, 4) is 11.3 Å². The van der Waals surface area contributed by atoms with E-state index in [0.29, 0.717) is 42.7 Å². The summed E-state index contributed by atoms with van der Waals surface area (Å²) >= 11 is 13.5. The van der Waals surface area contributed by atoms with E-state index in [1.165, 1.54) is 22.8 Å². The van der Waals surface area contributed by atoms with E-state index >= 15 is 0 Å². The number of nitro benzene ring substituents is 1. The number of hydrogen-bond acceptors (Lipinski definition) is 8. The zero-order chi connectivity index (χ0) is 27.8. The molecule has 0 saturated carbocycles. The maximum Gasteiger partial charge on any atom is 0.338 e. The number of thiazole rings is 1. The molecule has 12 heteroatoms. The molecule has 3 heterocycles. The lowest BCUT2D eigenvalue weighted by molar-refractivity contribution is -0.384. The van der Waals surface area contributed by atoms with Gasteiger partial charge < -0.3 is 9.15 Å². The molecule has 0 radical (unpaired) electrons. The van der Waals surface area contributed by atoms with Crippen LogP contribution in [0.25, 0.3) is 17.4 Å². The first-order valence-electron chi connectivity index (χ1n) is 11.7. The highest BCUT2D eigenvalue weighted by atomic mass is 35.5. The van der Waals surface area contributed by atoms with Crippen LogP contribution in [-0.4, -0.2) is 22.1 Å². The standard InChI is InChI=1S/C27H19Cl2N3O6S/c1-3-37-26(34)23-14(2)30-27-31(24(23)15-4-6-16(28)7-5-15)25(33)22(39-27)13-18-9-11-21(38-18)19-10-8-17(32(35)36)12-20(19)29/h4-13,24H,3H2,1-2H3/b22-13+/t24-/m0/s1. The third-order valence-electron chi connectivity index (χ3n) is 6.03. The van der Waals surface area contributed by atoms with Gasteiger partial charge in [-0.05, 0) is 49.7 Å². The number of rotatable bonds is 6. The van der Waals surface area contributed by atoms with Gasteiger partial charge in [0.15, 0.2) is 4.80 Å². The van der Waals surface area contributed by atoms with Gasteiger partial charge in [0, 0.05) is 28.8 Å². The van der Waals surface area contributed by atoms with Crippen molar-refractivity contribution in [1.82, 2.24) is 4.57 Å². The summed E-state index contributed by atoms with van der Waals surface area (Å²) in [6.07, 6.45) is 1.58. The minimum absolute atomic E-state index is 0.135. The number of allylic oxidation sites excluding steroid dienone is 1. The predicted molar refractivity (Wildman–Crippen MR) is 148 cm³/mol. The van der Waals surface area contributed by atoms with Gasteiger partial charge in [-0.15, -0.1) is 0 Å². The minimum atomic E-state index is -0.759. The Morgan fingerprint density at radius 3 is 2.62 bits per heavy atom. The Labute approximate surface area is 235 Å². The molecular weight excluding hydrogens is 565 g/mol. The Morgan fingerprint density at radius 2 is 1.95 bits per heavy atom. The van der Waals surface area contributed by atoms with Gasteiger partial charge in [0.25, 0.3) is 11.2 Å².